The van der Waals surface area contributed by atoms with Gasteiger partial charge in [0, 0.05) is 0 Å². The van der Waals surface area contributed by atoms with Gasteiger partial charge in [0.25, 0.3) is 0 Å². The summed E-state index contributed by atoms with van der Waals surface area (Å²) in [5.74, 6) is 2.28. The van der Waals surface area contributed by atoms with Crippen molar-refractivity contribution >= 4 is 0 Å². The first-order chi connectivity index (χ1) is 68.6. The third-order valence-electron chi connectivity index (χ3n) is 24.6. The van der Waals surface area contributed by atoms with Gasteiger partial charge in [-0.15, -0.1) is 0 Å². The van der Waals surface area contributed by atoms with Crippen LogP contribution >= 0.6 is 0 Å². The van der Waals surface area contributed by atoms with Crippen LogP contribution in [-0.2, 0) is 19.3 Å². The highest BCUT2D eigenvalue weighted by Gasteiger charge is 2.15. The zero-order valence-corrected chi connectivity index (χ0v) is 85.5. The van der Waals surface area contributed by atoms with Crippen LogP contribution in [0.2, 0.25) is 0 Å². The molecule has 0 amide bonds. The molecule has 0 aliphatic heterocycles. The summed E-state index contributed by atoms with van der Waals surface area (Å²) >= 11 is 0. The summed E-state index contributed by atoms with van der Waals surface area (Å²) in [5, 5.41) is 0. The topological polar surface area (TPSA) is 0 Å². The van der Waals surface area contributed by atoms with Crippen molar-refractivity contribution in [3.05, 3.63) is 588 Å². The van der Waals surface area contributed by atoms with Gasteiger partial charge in [0.1, 0.15) is 0 Å². The van der Waals surface area contributed by atoms with Gasteiger partial charge in [-0.1, -0.05) is 561 Å². The van der Waals surface area contributed by atoms with E-state index in [2.05, 4.69) is 613 Å². The summed E-state index contributed by atoms with van der Waals surface area (Å²) in [6.45, 7) is 32.9. The third-order valence-corrected chi connectivity index (χ3v) is 24.6. The Morgan fingerprint density at radius 1 is 0.135 bits per heavy atom. The molecule has 20 rings (SSSR count). The van der Waals surface area contributed by atoms with Crippen LogP contribution in [0.3, 0.4) is 0 Å². The maximum atomic E-state index is 2.31. The van der Waals surface area contributed by atoms with Crippen LogP contribution < -0.4 is 0 Å². The molecule has 0 spiro atoms. The SMILES string of the molecule is Cc1c(-c2ccccc2)cc(-c2ccccc2)cc1-c1ccccc1.Cc1c(-c2ccccc2)cccc1-c1ccccc1.Cc1cc(-c2ccccc2)cc(-c2ccccc2)c1.Cc1ccc(-c2ccccc2)cc1.Cc1ccc(-c2ccccc2)cc1-c1ccccc1.Cc1ccc(CC(C)C)cc1.Cc1cccc(-c2ccccc2)c1.Cc1cccc(CC(C)C)c1.Cc1ccccc1CC(C)C. The van der Waals surface area contributed by atoms with E-state index >= 15 is 0 Å². The first kappa shape index (κ1) is 104. The van der Waals surface area contributed by atoms with E-state index < -0.39 is 0 Å². The maximum absolute atomic E-state index is 2.31. The van der Waals surface area contributed by atoms with E-state index in [1.807, 2.05) is 12.1 Å². The normalized spacial score (nSPS) is 10.4. The van der Waals surface area contributed by atoms with Gasteiger partial charge in [-0.2, -0.15) is 0 Å². The van der Waals surface area contributed by atoms with Gasteiger partial charge >= 0.3 is 0 Å². The Labute approximate surface area is 845 Å². The van der Waals surface area contributed by atoms with Gasteiger partial charge in [-0.25, -0.2) is 0 Å². The Hall–Kier alpha value is -15.6. The van der Waals surface area contributed by atoms with Crippen molar-refractivity contribution in [2.24, 2.45) is 17.8 Å². The van der Waals surface area contributed by atoms with E-state index in [1.54, 1.807) is 0 Å². The largest absolute Gasteiger partial charge is 0.0625 e. The van der Waals surface area contributed by atoms with Gasteiger partial charge in [-0.3, -0.25) is 0 Å². The van der Waals surface area contributed by atoms with Crippen molar-refractivity contribution in [2.75, 3.05) is 0 Å². The molecule has 0 aliphatic carbocycles. The highest BCUT2D eigenvalue weighted by atomic mass is 14.2. The van der Waals surface area contributed by atoms with Crippen LogP contribution in [0, 0.1) is 80.1 Å². The number of aryl methyl sites for hydroxylation is 7. The fourth-order valence-electron chi connectivity index (χ4n) is 17.2. The zero-order valence-electron chi connectivity index (χ0n) is 85.5. The quantitative estimate of drug-likeness (QED) is 0.0852. The molecule has 0 saturated carbocycles. The second-order valence-corrected chi connectivity index (χ2v) is 37.7. The van der Waals surface area contributed by atoms with Crippen molar-refractivity contribution in [3.8, 4) is 122 Å². The minimum absolute atomic E-state index is 0.760. The van der Waals surface area contributed by atoms with Crippen LogP contribution in [-0.4, -0.2) is 0 Å². The van der Waals surface area contributed by atoms with Crippen LogP contribution in [0.15, 0.2) is 522 Å². The third kappa shape index (κ3) is 33.9. The summed E-state index contributed by atoms with van der Waals surface area (Å²) in [5.41, 5.74) is 44.5. The molecule has 0 nitrogen and oxygen atoms in total. The Morgan fingerprint density at radius 3 is 0.759 bits per heavy atom. The molecule has 0 unspecified atom stereocenters. The molecule has 0 atom stereocenters. The molecule has 0 aromatic heterocycles. The first-order valence-electron chi connectivity index (χ1n) is 50.0. The highest BCUT2D eigenvalue weighted by molar-refractivity contribution is 5.86. The minimum atomic E-state index is 0.760. The number of rotatable bonds is 17. The van der Waals surface area contributed by atoms with Crippen molar-refractivity contribution in [2.45, 2.75) is 123 Å². The van der Waals surface area contributed by atoms with Crippen LogP contribution in [0.25, 0.3) is 122 Å². The first-order valence-corrected chi connectivity index (χ1v) is 50.0. The van der Waals surface area contributed by atoms with Gasteiger partial charge < -0.3 is 0 Å². The fourth-order valence-corrected chi connectivity index (χ4v) is 17.2. The summed E-state index contributed by atoms with van der Waals surface area (Å²) in [6, 6.07) is 184. The Morgan fingerprint density at radius 2 is 0.390 bits per heavy atom. The maximum Gasteiger partial charge on any atom is -0.0142 e. The van der Waals surface area contributed by atoms with Crippen molar-refractivity contribution in [1.82, 2.24) is 0 Å². The molecule has 0 heterocycles. The molecular weight excluding hydrogens is 1690 g/mol. The monoisotopic (exact) mass is 1830 g/mol. The average molecular weight is 1830 g/mol. The summed E-state index contributed by atoms with van der Waals surface area (Å²) in [7, 11) is 0. The van der Waals surface area contributed by atoms with E-state index in [-0.39, 0.29) is 0 Å². The van der Waals surface area contributed by atoms with Gasteiger partial charge in [0.15, 0.2) is 0 Å². The Balaban J connectivity index is 0.000000144. The van der Waals surface area contributed by atoms with Crippen LogP contribution in [0.4, 0.5) is 0 Å². The molecule has 0 fully saturated rings. The number of benzene rings is 20. The standard InChI is InChI=1S/C25H20.3C19H16.2C13H12.3C11H16/c1-19-24(21-13-7-3-8-14-21)17-23(20-11-5-2-6-12-20)18-25(19)22-15-9-4-10-16-22;1-15-18(16-9-4-2-5-10-16)13-8-14-19(15)17-11-6-3-7-12-17;1-15-12-18(16-8-4-2-5-9-16)14-19(13-15)17-10-6-3-7-11-17;1-15-12-13-18(16-8-4-2-5-9-16)14-19(15)17-10-6-3-7-11-17;1-11-6-5-9-13(10-11)12-7-3-2-4-8-12;1-11-7-9-13(10-8-11)12-5-3-2-4-6-12;1-9(2)8-11-6-4-10(3)5-7-11;1-9(2)7-11-6-4-5-10(3)8-11;1-9(2)8-11-7-5-4-6-10(11)3/h2-18H,1H3;3*2-14H,1H3;2*2-10H,1H3;4-7,9H,8H2,1-3H3;4-6,8-9H,7H2,1-3H3;4-7,9H,8H2,1-3H3. The number of hydrogen-bond acceptors (Lipinski definition) is 0. The van der Waals surface area contributed by atoms with E-state index in [1.165, 1.54) is 208 Å². The predicted molar refractivity (Wildman–Crippen MR) is 616 cm³/mol. The molecule has 704 valence electrons. The molecule has 0 N–H and O–H groups in total. The number of hydrogen-bond donors (Lipinski definition) is 0. The van der Waals surface area contributed by atoms with Crippen LogP contribution in [0.1, 0.15) is 108 Å². The van der Waals surface area contributed by atoms with Crippen molar-refractivity contribution in [1.29, 1.82) is 0 Å². The lowest BCUT2D eigenvalue weighted by atomic mass is 9.88. The average Bonchev–Trinajstić information content (AvgIpc) is 0.780. The molecule has 0 heteroatoms. The van der Waals surface area contributed by atoms with Crippen LogP contribution in [0.5, 0.6) is 0 Å². The smallest absolute Gasteiger partial charge is 0.0142 e. The predicted octanol–water partition coefficient (Wildman–Crippen LogP) is 39.9. The van der Waals surface area contributed by atoms with E-state index in [0.717, 1.165) is 17.8 Å². The van der Waals surface area contributed by atoms with E-state index in [0.29, 0.717) is 0 Å². The molecule has 0 saturated heterocycles. The molecule has 20 aromatic rings. The van der Waals surface area contributed by atoms with Gasteiger partial charge in [0.2, 0.25) is 0 Å². The summed E-state index contributed by atoms with van der Waals surface area (Å²) in [6.07, 6.45) is 3.59. The molecule has 141 heavy (non-hydrogen) atoms. The van der Waals surface area contributed by atoms with Gasteiger partial charge in [0.05, 0.1) is 0 Å². The Kier molecular flexibility index (Phi) is 41.2. The van der Waals surface area contributed by atoms with E-state index in [4.69, 9.17) is 0 Å². The lowest BCUT2D eigenvalue weighted by molar-refractivity contribution is 0.645. The van der Waals surface area contributed by atoms with Gasteiger partial charge in [-0.05, 0) is 290 Å². The lowest BCUT2D eigenvalue weighted by Gasteiger charge is -2.16. The zero-order chi connectivity index (χ0) is 99.3. The highest BCUT2D eigenvalue weighted by Crippen LogP contribution is 2.39. The van der Waals surface area contributed by atoms with Crippen molar-refractivity contribution in [3.63, 3.8) is 0 Å². The summed E-state index contributed by atoms with van der Waals surface area (Å²) < 4.78 is 0. The lowest BCUT2D eigenvalue weighted by Crippen LogP contribution is -1.95. The molecular formula is C141H140. The summed E-state index contributed by atoms with van der Waals surface area (Å²) in [4.78, 5) is 0. The molecule has 0 aliphatic rings. The van der Waals surface area contributed by atoms with Crippen molar-refractivity contribution < 1.29 is 0 Å². The molecule has 0 bridgehead atoms. The fraction of sp³-hybridized carbons (Fsp3) is 0.149. The van der Waals surface area contributed by atoms with E-state index in [9.17, 15) is 0 Å². The second-order valence-electron chi connectivity index (χ2n) is 37.7. The second kappa shape index (κ2) is 55.7. The minimum Gasteiger partial charge on any atom is -0.0625 e. The molecule has 0 radical (unpaired) electrons. The molecule has 20 aromatic carbocycles. The Bertz CT molecular complexity index is 6770.